The number of ether oxygens (including phenoxy) is 1. The summed E-state index contributed by atoms with van der Waals surface area (Å²) in [6.07, 6.45) is 9.85. The molecule has 0 radical (unpaired) electrons. The van der Waals surface area contributed by atoms with E-state index in [9.17, 15) is 34.5 Å². The molecular weight excluding hydrogens is 452 g/mol. The van der Waals surface area contributed by atoms with Gasteiger partial charge in [-0.2, -0.15) is 0 Å². The second-order valence-corrected chi connectivity index (χ2v) is 9.64. The molecule has 2 bridgehead atoms. The topological polar surface area (TPSA) is 138 Å². The first-order valence-corrected chi connectivity index (χ1v) is 11.2. The van der Waals surface area contributed by atoms with Crippen LogP contribution in [0.1, 0.15) is 34.6 Å². The average molecular weight is 483 g/mol. The lowest BCUT2D eigenvalue weighted by atomic mass is 9.40. The van der Waals surface area contributed by atoms with E-state index in [1.54, 1.807) is 19.1 Å². The normalized spacial score (nSPS) is 38.8. The Kier molecular flexibility index (Phi) is 6.42. The highest BCUT2D eigenvalue weighted by Crippen LogP contribution is 2.64. The Morgan fingerprint density at radius 2 is 1.71 bits per heavy atom. The minimum Gasteiger partial charge on any atom is -0.508 e. The zero-order valence-corrected chi connectivity index (χ0v) is 20.4. The third kappa shape index (κ3) is 3.46. The van der Waals surface area contributed by atoms with E-state index in [0.717, 1.165) is 6.08 Å². The monoisotopic (exact) mass is 482 g/mol. The number of allylic oxidation sites excluding steroid dienone is 7. The van der Waals surface area contributed by atoms with Crippen molar-refractivity contribution < 1.29 is 39.2 Å². The predicted octanol–water partition coefficient (Wildman–Crippen LogP) is 3.16. The molecule has 0 saturated heterocycles. The molecule has 35 heavy (non-hydrogen) atoms. The van der Waals surface area contributed by atoms with Crippen molar-refractivity contribution in [1.82, 2.24) is 0 Å². The van der Waals surface area contributed by atoms with Gasteiger partial charge in [-0.05, 0) is 46.8 Å². The largest absolute Gasteiger partial charge is 0.508 e. The van der Waals surface area contributed by atoms with E-state index in [4.69, 9.17) is 4.74 Å². The van der Waals surface area contributed by atoms with Gasteiger partial charge in [0, 0.05) is 23.3 Å². The van der Waals surface area contributed by atoms with Gasteiger partial charge < -0.3 is 20.1 Å². The van der Waals surface area contributed by atoms with Crippen molar-refractivity contribution in [3.05, 3.63) is 71.8 Å². The number of cyclic esters (lactones) is 1. The Balaban J connectivity index is 2.43. The van der Waals surface area contributed by atoms with Gasteiger partial charge in [0.1, 0.15) is 22.5 Å². The van der Waals surface area contributed by atoms with Crippen LogP contribution in [-0.2, 0) is 23.9 Å². The fourth-order valence-corrected chi connectivity index (χ4v) is 5.84. The van der Waals surface area contributed by atoms with Crippen molar-refractivity contribution in [2.75, 3.05) is 0 Å². The van der Waals surface area contributed by atoms with Crippen LogP contribution >= 0.6 is 0 Å². The van der Waals surface area contributed by atoms with Gasteiger partial charge in [-0.3, -0.25) is 14.4 Å². The highest BCUT2D eigenvalue weighted by atomic mass is 16.6. The van der Waals surface area contributed by atoms with Gasteiger partial charge in [0.2, 0.25) is 0 Å². The number of carbonyl (C=O) groups is 4. The predicted molar refractivity (Wildman–Crippen MR) is 127 cm³/mol. The molecule has 1 aliphatic heterocycles. The van der Waals surface area contributed by atoms with Gasteiger partial charge in [0.25, 0.3) is 0 Å². The van der Waals surface area contributed by atoms with Crippen molar-refractivity contribution in [1.29, 1.82) is 0 Å². The molecule has 0 spiro atoms. The van der Waals surface area contributed by atoms with Crippen LogP contribution in [0.2, 0.25) is 0 Å². The number of hydrogen-bond acceptors (Lipinski definition) is 8. The molecule has 0 aromatic heterocycles. The van der Waals surface area contributed by atoms with Crippen LogP contribution < -0.4 is 0 Å². The van der Waals surface area contributed by atoms with Gasteiger partial charge in [-0.15, -0.1) is 0 Å². The van der Waals surface area contributed by atoms with Crippen LogP contribution in [0.3, 0.4) is 0 Å². The van der Waals surface area contributed by atoms with Gasteiger partial charge >= 0.3 is 5.97 Å². The number of aliphatic hydroxyl groups excluding tert-OH is 2. The molecule has 3 aliphatic carbocycles. The first-order valence-electron chi connectivity index (χ1n) is 11.2. The molecule has 4 aliphatic rings. The van der Waals surface area contributed by atoms with E-state index in [1.807, 2.05) is 0 Å². The van der Waals surface area contributed by atoms with Crippen molar-refractivity contribution in [3.63, 3.8) is 0 Å². The second-order valence-electron chi connectivity index (χ2n) is 9.64. The van der Waals surface area contributed by atoms with Crippen molar-refractivity contribution in [2.45, 2.75) is 45.8 Å². The first kappa shape index (κ1) is 26.1. The molecule has 8 nitrogen and oxygen atoms in total. The highest BCUT2D eigenvalue weighted by Gasteiger charge is 2.77. The summed E-state index contributed by atoms with van der Waals surface area (Å²) in [4.78, 5) is 53.2. The zero-order chi connectivity index (χ0) is 26.5. The standard InChI is InChI=1S/C27H30O8/c1-7-9-11-13-15(28)17-19-20(27(6)21(30)14(3)23(32)35-27)18(16(29)12-10-8-2)25(4,22(17)31)24(33)26(19,5)34/h7-13,18-20,28,30,34H,2H2,1,3-6H3/b9-7+,12-10+,13-11+,17-15?/t18?,19?,20?,25-,26+,27+/m1/s1. The first-order chi connectivity index (χ1) is 16.2. The van der Waals surface area contributed by atoms with E-state index >= 15 is 0 Å². The molecule has 4 rings (SSSR count). The highest BCUT2D eigenvalue weighted by molar-refractivity contribution is 6.24. The lowest BCUT2D eigenvalue weighted by Crippen LogP contribution is -2.75. The van der Waals surface area contributed by atoms with Gasteiger partial charge in [0.15, 0.2) is 23.0 Å². The van der Waals surface area contributed by atoms with E-state index in [-0.39, 0.29) is 11.1 Å². The van der Waals surface area contributed by atoms with E-state index < -0.39 is 69.2 Å². The number of ketones is 3. The molecule has 8 heteroatoms. The average Bonchev–Trinajstić information content (AvgIpc) is 2.99. The Hall–Kier alpha value is -3.52. The fraction of sp³-hybridized carbons (Fsp3) is 0.407. The molecule has 186 valence electrons. The SMILES string of the molecule is C=C/C=C/C(=O)C1C([C@]2(C)OC(=O)C(C)=C2O)C2C(=C(O)/C=C/C=C/C)C(=O)[C@]1(C)C(=O)[C@@]2(C)O. The maximum atomic E-state index is 13.8. The van der Waals surface area contributed by atoms with Crippen LogP contribution in [-0.4, -0.2) is 49.8 Å². The van der Waals surface area contributed by atoms with Crippen LogP contribution in [0.15, 0.2) is 71.8 Å². The summed E-state index contributed by atoms with van der Waals surface area (Å²) >= 11 is 0. The Bertz CT molecular complexity index is 1180. The molecule has 3 unspecified atom stereocenters. The fourth-order valence-electron chi connectivity index (χ4n) is 5.84. The van der Waals surface area contributed by atoms with Gasteiger partial charge in [-0.1, -0.05) is 37.0 Å². The smallest absolute Gasteiger partial charge is 0.338 e. The maximum absolute atomic E-state index is 13.8. The number of aliphatic hydroxyl groups is 3. The molecular formula is C27H30O8. The van der Waals surface area contributed by atoms with E-state index in [2.05, 4.69) is 6.58 Å². The molecule has 3 saturated carbocycles. The molecule has 1 heterocycles. The summed E-state index contributed by atoms with van der Waals surface area (Å²) in [6, 6.07) is 0. The van der Waals surface area contributed by atoms with E-state index in [0.29, 0.717) is 0 Å². The number of rotatable bonds is 6. The van der Waals surface area contributed by atoms with Gasteiger partial charge in [0.05, 0.1) is 5.57 Å². The minimum absolute atomic E-state index is 0.0908. The molecule has 0 amide bonds. The van der Waals surface area contributed by atoms with Crippen LogP contribution in [0.5, 0.6) is 0 Å². The third-order valence-electron chi connectivity index (χ3n) is 7.51. The summed E-state index contributed by atoms with van der Waals surface area (Å²) < 4.78 is 5.56. The van der Waals surface area contributed by atoms with Crippen LogP contribution in [0.25, 0.3) is 0 Å². The number of Topliss-reactive ketones (excluding diaryl/α,β-unsaturated/α-hetero) is 2. The van der Waals surface area contributed by atoms with E-state index in [1.165, 1.54) is 52.0 Å². The third-order valence-corrected chi connectivity index (χ3v) is 7.51. The van der Waals surface area contributed by atoms with Crippen LogP contribution in [0, 0.1) is 23.2 Å². The quantitative estimate of drug-likeness (QED) is 0.173. The Morgan fingerprint density at radius 3 is 2.23 bits per heavy atom. The maximum Gasteiger partial charge on any atom is 0.338 e. The molecule has 6 atom stereocenters. The van der Waals surface area contributed by atoms with Crippen molar-refractivity contribution in [3.8, 4) is 0 Å². The molecule has 3 fully saturated rings. The van der Waals surface area contributed by atoms with Crippen molar-refractivity contribution in [2.24, 2.45) is 23.2 Å². The lowest BCUT2D eigenvalue weighted by Gasteiger charge is -2.60. The summed E-state index contributed by atoms with van der Waals surface area (Å²) in [5, 5.41) is 33.4. The molecule has 3 N–H and O–H groups in total. The lowest BCUT2D eigenvalue weighted by molar-refractivity contribution is -0.203. The zero-order valence-electron chi connectivity index (χ0n) is 20.4. The number of carbonyl (C=O) groups excluding carboxylic acids is 4. The second kappa shape index (κ2) is 8.61. The summed E-state index contributed by atoms with van der Waals surface area (Å²) in [5.41, 5.74) is -6.56. The number of hydrogen-bond donors (Lipinski definition) is 3. The summed E-state index contributed by atoms with van der Waals surface area (Å²) in [5.74, 6) is -8.28. The summed E-state index contributed by atoms with van der Waals surface area (Å²) in [6.45, 7) is 10.4. The Labute approximate surface area is 203 Å². The van der Waals surface area contributed by atoms with Crippen molar-refractivity contribution >= 4 is 23.3 Å². The number of fused-ring (bicyclic) bond motifs is 3. The summed E-state index contributed by atoms with van der Waals surface area (Å²) in [7, 11) is 0. The molecule has 0 aromatic rings. The number of esters is 1. The minimum atomic E-state index is -2.23. The Morgan fingerprint density at radius 1 is 1.09 bits per heavy atom. The molecule has 0 aromatic carbocycles. The van der Waals surface area contributed by atoms with Crippen LogP contribution in [0.4, 0.5) is 0 Å². The van der Waals surface area contributed by atoms with Gasteiger partial charge in [-0.25, -0.2) is 4.79 Å².